The Kier molecular flexibility index (Phi) is 2.31. The second-order valence-corrected chi connectivity index (χ2v) is 5.76. The first-order chi connectivity index (χ1) is 6.98. The van der Waals surface area contributed by atoms with Crippen LogP contribution in [-0.2, 0) is 9.84 Å². The van der Waals surface area contributed by atoms with Gasteiger partial charge in [0.05, 0.1) is 0 Å². The van der Waals surface area contributed by atoms with E-state index in [1.165, 1.54) is 6.26 Å². The van der Waals surface area contributed by atoms with Crippen LogP contribution in [0.1, 0.15) is 12.6 Å². The monoisotopic (exact) mass is 222 g/mol. The van der Waals surface area contributed by atoms with E-state index in [0.717, 1.165) is 10.9 Å². The van der Waals surface area contributed by atoms with Crippen LogP contribution in [-0.4, -0.2) is 19.7 Å². The Balaban J connectivity index is 2.54. The molecule has 2 aromatic rings. The van der Waals surface area contributed by atoms with Crippen molar-refractivity contribution < 1.29 is 8.42 Å². The normalized spacial score (nSPS) is 12.5. The molecule has 0 bridgehead atoms. The second kappa shape index (κ2) is 3.38. The SMILES string of the molecule is C[C](c1cc2ccccc2[nH]1)S(C)(=O)=O. The minimum absolute atomic E-state index is 0.374. The van der Waals surface area contributed by atoms with Gasteiger partial charge in [0.25, 0.3) is 0 Å². The largest absolute Gasteiger partial charge is 0.357 e. The van der Waals surface area contributed by atoms with Crippen molar-refractivity contribution in [2.24, 2.45) is 0 Å². The van der Waals surface area contributed by atoms with Crippen LogP contribution in [0.2, 0.25) is 0 Å². The molecule has 0 saturated heterocycles. The van der Waals surface area contributed by atoms with Crippen molar-refractivity contribution in [1.29, 1.82) is 0 Å². The van der Waals surface area contributed by atoms with Crippen LogP contribution in [0, 0.1) is 5.25 Å². The molecule has 15 heavy (non-hydrogen) atoms. The highest BCUT2D eigenvalue weighted by molar-refractivity contribution is 7.93. The zero-order valence-electron chi connectivity index (χ0n) is 8.61. The Morgan fingerprint density at radius 3 is 2.53 bits per heavy atom. The molecule has 3 nitrogen and oxygen atoms in total. The number of sulfone groups is 1. The molecule has 0 atom stereocenters. The number of fused-ring (bicyclic) bond motifs is 1. The Hall–Kier alpha value is -1.29. The van der Waals surface area contributed by atoms with Gasteiger partial charge >= 0.3 is 0 Å². The maximum atomic E-state index is 11.4. The van der Waals surface area contributed by atoms with Gasteiger partial charge < -0.3 is 4.98 Å². The lowest BCUT2D eigenvalue weighted by molar-refractivity contribution is 0.603. The van der Waals surface area contributed by atoms with E-state index in [1.807, 2.05) is 30.3 Å². The molecule has 2 rings (SSSR count). The molecule has 1 aromatic carbocycles. The fourth-order valence-corrected chi connectivity index (χ4v) is 1.97. The van der Waals surface area contributed by atoms with E-state index < -0.39 is 9.84 Å². The van der Waals surface area contributed by atoms with Crippen LogP contribution >= 0.6 is 0 Å². The minimum atomic E-state index is -3.12. The zero-order chi connectivity index (χ0) is 11.1. The molecule has 1 radical (unpaired) electrons. The van der Waals surface area contributed by atoms with Gasteiger partial charge in [-0.05, 0) is 24.4 Å². The highest BCUT2D eigenvalue weighted by Crippen LogP contribution is 2.23. The number of benzene rings is 1. The summed E-state index contributed by atoms with van der Waals surface area (Å²) in [6, 6.07) is 9.57. The topological polar surface area (TPSA) is 49.9 Å². The van der Waals surface area contributed by atoms with Gasteiger partial charge in [-0.2, -0.15) is 0 Å². The third-order valence-corrected chi connectivity index (χ3v) is 3.80. The molecule has 4 heteroatoms. The fourth-order valence-electron chi connectivity index (χ4n) is 1.46. The highest BCUT2D eigenvalue weighted by atomic mass is 32.2. The van der Waals surface area contributed by atoms with Gasteiger partial charge in [-0.25, -0.2) is 8.42 Å². The van der Waals surface area contributed by atoms with Crippen molar-refractivity contribution in [2.75, 3.05) is 6.26 Å². The van der Waals surface area contributed by atoms with Crippen molar-refractivity contribution >= 4 is 20.7 Å². The Labute approximate surface area is 89.0 Å². The lowest BCUT2D eigenvalue weighted by Crippen LogP contribution is -2.08. The van der Waals surface area contributed by atoms with Crippen LogP contribution in [0.5, 0.6) is 0 Å². The third-order valence-electron chi connectivity index (χ3n) is 2.47. The van der Waals surface area contributed by atoms with Crippen molar-refractivity contribution in [3.05, 3.63) is 41.3 Å². The molecule has 1 N–H and O–H groups in total. The molecule has 0 aliphatic carbocycles. The number of rotatable bonds is 2. The number of aromatic amines is 1. The van der Waals surface area contributed by atoms with Crippen LogP contribution in [0.15, 0.2) is 30.3 Å². The Bertz CT molecular complexity index is 550. The van der Waals surface area contributed by atoms with Crippen molar-refractivity contribution in [3.8, 4) is 0 Å². The number of aromatic nitrogens is 1. The summed E-state index contributed by atoms with van der Waals surface area (Å²) >= 11 is 0. The molecule has 0 fully saturated rings. The molecule has 1 aromatic heterocycles. The molecular weight excluding hydrogens is 210 g/mol. The molecule has 0 aliphatic heterocycles. The summed E-state index contributed by atoms with van der Waals surface area (Å²) in [5.74, 6) is 0. The lowest BCUT2D eigenvalue weighted by atomic mass is 10.2. The first-order valence-corrected chi connectivity index (χ1v) is 6.49. The number of hydrogen-bond acceptors (Lipinski definition) is 2. The van der Waals surface area contributed by atoms with E-state index >= 15 is 0 Å². The molecular formula is C11H12NO2S. The predicted molar refractivity (Wildman–Crippen MR) is 61.2 cm³/mol. The summed E-state index contributed by atoms with van der Waals surface area (Å²) in [6.45, 7) is 1.61. The first kappa shape index (κ1) is 10.2. The van der Waals surface area contributed by atoms with Crippen LogP contribution < -0.4 is 0 Å². The average molecular weight is 222 g/mol. The van der Waals surface area contributed by atoms with Gasteiger partial charge in [0, 0.05) is 17.5 Å². The molecule has 1 heterocycles. The summed E-state index contributed by atoms with van der Waals surface area (Å²) in [5, 5.41) is 1.40. The van der Waals surface area contributed by atoms with E-state index in [-0.39, 0.29) is 0 Å². The van der Waals surface area contributed by atoms with E-state index in [0.29, 0.717) is 10.9 Å². The van der Waals surface area contributed by atoms with Crippen LogP contribution in [0.25, 0.3) is 10.9 Å². The smallest absolute Gasteiger partial charge is 0.160 e. The maximum Gasteiger partial charge on any atom is 0.160 e. The van der Waals surface area contributed by atoms with Crippen LogP contribution in [0.4, 0.5) is 0 Å². The summed E-state index contributed by atoms with van der Waals surface area (Å²) < 4.78 is 22.7. The van der Waals surface area contributed by atoms with E-state index in [2.05, 4.69) is 4.98 Å². The summed E-state index contributed by atoms with van der Waals surface area (Å²) in [6.07, 6.45) is 1.22. The van der Waals surface area contributed by atoms with Gasteiger partial charge in [0.1, 0.15) is 5.25 Å². The van der Waals surface area contributed by atoms with Gasteiger partial charge in [0.2, 0.25) is 0 Å². The second-order valence-electron chi connectivity index (χ2n) is 3.60. The zero-order valence-corrected chi connectivity index (χ0v) is 9.43. The number of para-hydroxylation sites is 1. The van der Waals surface area contributed by atoms with Crippen molar-refractivity contribution in [3.63, 3.8) is 0 Å². The van der Waals surface area contributed by atoms with Gasteiger partial charge in [-0.15, -0.1) is 0 Å². The molecule has 0 unspecified atom stereocenters. The van der Waals surface area contributed by atoms with E-state index in [9.17, 15) is 8.42 Å². The quantitative estimate of drug-likeness (QED) is 0.846. The molecule has 0 spiro atoms. The van der Waals surface area contributed by atoms with Gasteiger partial charge in [0.15, 0.2) is 9.84 Å². The number of hydrogen-bond donors (Lipinski definition) is 1. The molecule has 79 valence electrons. The van der Waals surface area contributed by atoms with Crippen molar-refractivity contribution in [1.82, 2.24) is 4.98 Å². The Morgan fingerprint density at radius 2 is 1.93 bits per heavy atom. The highest BCUT2D eigenvalue weighted by Gasteiger charge is 2.20. The average Bonchev–Trinajstić information content (AvgIpc) is 2.58. The van der Waals surface area contributed by atoms with Crippen LogP contribution in [0.3, 0.4) is 0 Å². The maximum absolute atomic E-state index is 11.4. The molecule has 0 aliphatic rings. The molecule has 0 saturated carbocycles. The number of H-pyrrole nitrogens is 1. The number of nitrogens with one attached hydrogen (secondary N) is 1. The van der Waals surface area contributed by atoms with Gasteiger partial charge in [-0.1, -0.05) is 18.2 Å². The summed E-state index contributed by atoms with van der Waals surface area (Å²) in [4.78, 5) is 3.09. The van der Waals surface area contributed by atoms with Gasteiger partial charge in [-0.3, -0.25) is 0 Å². The Morgan fingerprint density at radius 1 is 1.27 bits per heavy atom. The van der Waals surface area contributed by atoms with E-state index in [4.69, 9.17) is 0 Å². The first-order valence-electron chi connectivity index (χ1n) is 4.60. The standard InChI is InChI=1S/C11H12NO2S/c1-8(15(2,13)14)11-7-9-5-3-4-6-10(9)12-11/h3-7,12H,1-2H3. The minimum Gasteiger partial charge on any atom is -0.357 e. The third kappa shape index (κ3) is 1.90. The predicted octanol–water partition coefficient (Wildman–Crippen LogP) is 2.11. The lowest BCUT2D eigenvalue weighted by Gasteiger charge is -2.04. The molecule has 0 amide bonds. The summed E-state index contributed by atoms with van der Waals surface area (Å²) in [7, 11) is -3.12. The summed E-state index contributed by atoms with van der Waals surface area (Å²) in [5.41, 5.74) is 1.62. The van der Waals surface area contributed by atoms with E-state index in [1.54, 1.807) is 6.92 Å². The fraction of sp³-hybridized carbons (Fsp3) is 0.182. The van der Waals surface area contributed by atoms with Crippen molar-refractivity contribution in [2.45, 2.75) is 6.92 Å².